The van der Waals surface area contributed by atoms with Gasteiger partial charge in [0.25, 0.3) is 0 Å². The number of carbonyl (C=O) groups is 2. The zero-order chi connectivity index (χ0) is 11.6. The van der Waals surface area contributed by atoms with Crippen molar-refractivity contribution in [3.8, 4) is 0 Å². The highest BCUT2D eigenvalue weighted by atomic mass is 16.5. The highest BCUT2D eigenvalue weighted by molar-refractivity contribution is 5.76. The molecule has 0 saturated heterocycles. The molecule has 0 aromatic carbocycles. The number of ether oxygens (including phenoxy) is 1. The molecule has 0 aromatic rings. The molecule has 0 amide bonds. The van der Waals surface area contributed by atoms with Crippen LogP contribution < -0.4 is 5.73 Å². The van der Waals surface area contributed by atoms with E-state index in [9.17, 15) is 9.59 Å². The van der Waals surface area contributed by atoms with E-state index in [1.807, 2.05) is 0 Å². The lowest BCUT2D eigenvalue weighted by molar-refractivity contribution is -0.142. The van der Waals surface area contributed by atoms with Crippen molar-refractivity contribution >= 4 is 18.0 Å². The molecule has 0 bridgehead atoms. The fourth-order valence-corrected chi connectivity index (χ4v) is 0.548. The number of hydrogen-bond donors (Lipinski definition) is 3. The molecular formula is C7H12N2O5. The maximum atomic E-state index is 10.6. The van der Waals surface area contributed by atoms with E-state index in [4.69, 9.17) is 21.0 Å². The van der Waals surface area contributed by atoms with Gasteiger partial charge in [0, 0.05) is 6.42 Å². The van der Waals surface area contributed by atoms with Gasteiger partial charge in [0.1, 0.15) is 6.04 Å². The van der Waals surface area contributed by atoms with Crippen molar-refractivity contribution in [2.24, 2.45) is 5.73 Å². The van der Waals surface area contributed by atoms with Crippen LogP contribution in [0.2, 0.25) is 0 Å². The molecule has 0 aromatic heterocycles. The fraction of sp³-hybridized carbons (Fsp3) is 0.571. The van der Waals surface area contributed by atoms with Gasteiger partial charge in [-0.1, -0.05) is 0 Å². The molecule has 4 N–H and O–H groups in total. The third-order valence-electron chi connectivity index (χ3n) is 1.17. The smallest absolute Gasteiger partial charge is 0.322 e. The van der Waals surface area contributed by atoms with Crippen molar-refractivity contribution in [2.75, 3.05) is 7.11 Å². The lowest BCUT2D eigenvalue weighted by atomic mass is 10.2. The third kappa shape index (κ3) is 10.3. The summed E-state index contributed by atoms with van der Waals surface area (Å²) in [5.74, 6) is -1.55. The SMILES string of the molecule is COC(=O)C(N)CCC(=O)O.N=C=O. The van der Waals surface area contributed by atoms with Crippen LogP contribution in [0.3, 0.4) is 0 Å². The second-order valence-corrected chi connectivity index (χ2v) is 2.16. The van der Waals surface area contributed by atoms with Crippen LogP contribution in [-0.2, 0) is 19.1 Å². The number of esters is 1. The molecule has 0 fully saturated rings. The van der Waals surface area contributed by atoms with Crippen LogP contribution in [0.1, 0.15) is 12.8 Å². The minimum absolute atomic E-state index is 0.113. The highest BCUT2D eigenvalue weighted by Crippen LogP contribution is 1.95. The Hall–Kier alpha value is -1.72. The number of aliphatic carboxylic acids is 1. The third-order valence-corrected chi connectivity index (χ3v) is 1.17. The van der Waals surface area contributed by atoms with Gasteiger partial charge in [0.15, 0.2) is 0 Å². The Kier molecular flexibility index (Phi) is 9.89. The number of carbonyl (C=O) groups excluding carboxylic acids is 2. The highest BCUT2D eigenvalue weighted by Gasteiger charge is 2.14. The van der Waals surface area contributed by atoms with Gasteiger partial charge in [-0.3, -0.25) is 9.59 Å². The molecular weight excluding hydrogens is 192 g/mol. The molecule has 7 heteroatoms. The van der Waals surface area contributed by atoms with E-state index < -0.39 is 18.0 Å². The topological polar surface area (TPSA) is 131 Å². The molecule has 1 atom stereocenters. The van der Waals surface area contributed by atoms with Crippen LogP contribution in [0.5, 0.6) is 0 Å². The zero-order valence-corrected chi connectivity index (χ0v) is 7.65. The molecule has 7 nitrogen and oxygen atoms in total. The number of methoxy groups -OCH3 is 1. The average Bonchev–Trinajstić information content (AvgIpc) is 2.14. The molecule has 0 spiro atoms. The normalized spacial score (nSPS) is 10.1. The first-order chi connectivity index (χ1) is 6.49. The van der Waals surface area contributed by atoms with Crippen LogP contribution in [0.15, 0.2) is 0 Å². The fourth-order valence-electron chi connectivity index (χ4n) is 0.548. The lowest BCUT2D eigenvalue weighted by Gasteiger charge is -2.05. The van der Waals surface area contributed by atoms with E-state index >= 15 is 0 Å². The largest absolute Gasteiger partial charge is 0.481 e. The quantitative estimate of drug-likeness (QED) is 0.314. The van der Waals surface area contributed by atoms with E-state index in [-0.39, 0.29) is 12.8 Å². The maximum Gasteiger partial charge on any atom is 0.322 e. The summed E-state index contributed by atoms with van der Waals surface area (Å²) in [6.07, 6.45) is 0.748. The summed E-state index contributed by atoms with van der Waals surface area (Å²) in [4.78, 5) is 28.9. The van der Waals surface area contributed by atoms with E-state index in [2.05, 4.69) is 4.74 Å². The van der Waals surface area contributed by atoms with Gasteiger partial charge in [0.05, 0.1) is 7.11 Å². The minimum atomic E-state index is -0.968. The lowest BCUT2D eigenvalue weighted by Crippen LogP contribution is -2.31. The van der Waals surface area contributed by atoms with Gasteiger partial charge in [-0.15, -0.1) is 0 Å². The second kappa shape index (κ2) is 9.37. The number of isocyanates is 1. The molecule has 0 rings (SSSR count). The summed E-state index contributed by atoms with van der Waals surface area (Å²) in [5.41, 5.74) is 5.24. The number of nitrogens with two attached hydrogens (primary N) is 1. The summed E-state index contributed by atoms with van der Waals surface area (Å²) < 4.78 is 4.29. The predicted octanol–water partition coefficient (Wildman–Crippen LogP) is -0.748. The van der Waals surface area contributed by atoms with Crippen molar-refractivity contribution in [1.29, 1.82) is 5.41 Å². The van der Waals surface area contributed by atoms with E-state index in [1.54, 1.807) is 0 Å². The average molecular weight is 204 g/mol. The number of rotatable bonds is 4. The van der Waals surface area contributed by atoms with Gasteiger partial charge in [-0.2, -0.15) is 0 Å². The van der Waals surface area contributed by atoms with Crippen molar-refractivity contribution in [3.05, 3.63) is 0 Å². The van der Waals surface area contributed by atoms with Crippen molar-refractivity contribution in [2.45, 2.75) is 18.9 Å². The van der Waals surface area contributed by atoms with Gasteiger partial charge in [-0.25, -0.2) is 10.2 Å². The number of hydrogen-bond acceptors (Lipinski definition) is 6. The first kappa shape index (κ1) is 14.8. The Morgan fingerprint density at radius 1 is 1.64 bits per heavy atom. The monoisotopic (exact) mass is 204 g/mol. The standard InChI is InChI=1S/C6H11NO4.CHNO/c1-11-6(10)4(7)2-3-5(8)9;2-1-3/h4H,2-3,7H2,1H3,(H,8,9);2H. The Bertz CT molecular complexity index is 222. The molecule has 0 heterocycles. The van der Waals surface area contributed by atoms with Gasteiger partial charge in [-0.05, 0) is 6.42 Å². The van der Waals surface area contributed by atoms with Gasteiger partial charge in [0.2, 0.25) is 6.08 Å². The molecule has 0 radical (unpaired) electrons. The maximum absolute atomic E-state index is 10.6. The van der Waals surface area contributed by atoms with Crippen LogP contribution in [-0.4, -0.2) is 36.3 Å². The second-order valence-electron chi connectivity index (χ2n) is 2.16. The molecule has 0 saturated carbocycles. The van der Waals surface area contributed by atoms with E-state index in [0.717, 1.165) is 6.08 Å². The van der Waals surface area contributed by atoms with E-state index in [1.165, 1.54) is 7.11 Å². The molecule has 80 valence electrons. The van der Waals surface area contributed by atoms with E-state index in [0.29, 0.717) is 0 Å². The first-order valence-corrected chi connectivity index (χ1v) is 3.58. The Labute approximate surface area is 80.4 Å². The molecule has 14 heavy (non-hydrogen) atoms. The minimum Gasteiger partial charge on any atom is -0.481 e. The van der Waals surface area contributed by atoms with Crippen LogP contribution >= 0.6 is 0 Å². The van der Waals surface area contributed by atoms with Gasteiger partial charge >= 0.3 is 11.9 Å². The van der Waals surface area contributed by atoms with Crippen LogP contribution in [0.4, 0.5) is 0 Å². The summed E-state index contributed by atoms with van der Waals surface area (Å²) in [6, 6.07) is -0.823. The summed E-state index contributed by atoms with van der Waals surface area (Å²) in [6.45, 7) is 0. The molecule has 0 aliphatic heterocycles. The molecule has 1 unspecified atom stereocenters. The van der Waals surface area contributed by atoms with Crippen LogP contribution in [0, 0.1) is 5.41 Å². The Balaban J connectivity index is 0. The van der Waals surface area contributed by atoms with Crippen molar-refractivity contribution < 1.29 is 24.2 Å². The Morgan fingerprint density at radius 2 is 2.07 bits per heavy atom. The van der Waals surface area contributed by atoms with Crippen molar-refractivity contribution in [1.82, 2.24) is 0 Å². The summed E-state index contributed by atoms with van der Waals surface area (Å²) in [5, 5.41) is 13.6. The van der Waals surface area contributed by atoms with Gasteiger partial charge < -0.3 is 15.6 Å². The number of carboxylic acid groups (broad SMARTS) is 1. The predicted molar refractivity (Wildman–Crippen MR) is 45.3 cm³/mol. The Morgan fingerprint density at radius 3 is 2.36 bits per heavy atom. The molecule has 0 aliphatic rings. The zero-order valence-electron chi connectivity index (χ0n) is 7.65. The summed E-state index contributed by atoms with van der Waals surface area (Å²) in [7, 11) is 1.21. The van der Waals surface area contributed by atoms with Crippen LogP contribution in [0.25, 0.3) is 0 Å². The number of carboxylic acids is 1. The first-order valence-electron chi connectivity index (χ1n) is 3.58. The molecule has 0 aliphatic carbocycles. The summed E-state index contributed by atoms with van der Waals surface area (Å²) >= 11 is 0. The van der Waals surface area contributed by atoms with Crippen molar-refractivity contribution in [3.63, 3.8) is 0 Å². The number of nitrogens with one attached hydrogen (secondary N) is 1.